The molecule has 3 aromatic heterocycles. The van der Waals surface area contributed by atoms with Gasteiger partial charge in [0, 0.05) is 18.0 Å². The SMILES string of the molecule is O=C(Nc1ccncn1)c1nc(-c2ccccc2Cl)n2ccccc12. The van der Waals surface area contributed by atoms with Crippen LogP contribution in [0.2, 0.25) is 5.02 Å². The summed E-state index contributed by atoms with van der Waals surface area (Å²) in [5, 5.41) is 3.30. The predicted molar refractivity (Wildman–Crippen MR) is 95.6 cm³/mol. The standard InChI is InChI=1S/C18H12ClN5O/c19-13-6-2-1-5-12(13)17-23-16(14-7-3-4-10-24(14)17)18(25)22-15-8-9-20-11-21-15/h1-11H,(H,20,21,22,25). The molecule has 0 fully saturated rings. The van der Waals surface area contributed by atoms with Crippen molar-refractivity contribution in [3.05, 3.63) is 78.0 Å². The van der Waals surface area contributed by atoms with Crippen LogP contribution < -0.4 is 5.32 Å². The van der Waals surface area contributed by atoms with Crippen LogP contribution in [0.3, 0.4) is 0 Å². The highest BCUT2D eigenvalue weighted by Crippen LogP contribution is 2.29. The number of hydrogen-bond donors (Lipinski definition) is 1. The van der Waals surface area contributed by atoms with Crippen LogP contribution >= 0.6 is 11.6 Å². The molecule has 0 saturated heterocycles. The van der Waals surface area contributed by atoms with E-state index in [0.717, 1.165) is 5.56 Å². The number of halogens is 1. The Kier molecular flexibility index (Phi) is 3.87. The Balaban J connectivity index is 1.83. The minimum atomic E-state index is -0.347. The molecule has 6 nitrogen and oxygen atoms in total. The number of anilines is 1. The van der Waals surface area contributed by atoms with E-state index >= 15 is 0 Å². The fraction of sp³-hybridized carbons (Fsp3) is 0. The Morgan fingerprint density at radius 1 is 1.08 bits per heavy atom. The third kappa shape index (κ3) is 2.83. The molecule has 1 amide bonds. The van der Waals surface area contributed by atoms with Gasteiger partial charge in [0.2, 0.25) is 0 Å². The normalized spacial score (nSPS) is 10.8. The first-order chi connectivity index (χ1) is 12.2. The highest BCUT2D eigenvalue weighted by molar-refractivity contribution is 6.33. The third-order valence-corrected chi connectivity index (χ3v) is 4.03. The van der Waals surface area contributed by atoms with E-state index in [2.05, 4.69) is 20.3 Å². The summed E-state index contributed by atoms with van der Waals surface area (Å²) in [6, 6.07) is 14.6. The van der Waals surface area contributed by atoms with Crippen molar-refractivity contribution in [2.24, 2.45) is 0 Å². The second kappa shape index (κ2) is 6.33. The Morgan fingerprint density at radius 2 is 1.92 bits per heavy atom. The molecule has 1 N–H and O–H groups in total. The summed E-state index contributed by atoms with van der Waals surface area (Å²) < 4.78 is 1.84. The lowest BCUT2D eigenvalue weighted by molar-refractivity contribution is 0.102. The zero-order chi connectivity index (χ0) is 17.2. The molecule has 0 saturated carbocycles. The molecule has 0 aliphatic heterocycles. The maximum Gasteiger partial charge on any atom is 0.277 e. The molecule has 122 valence electrons. The summed E-state index contributed by atoms with van der Waals surface area (Å²) in [5.41, 5.74) is 1.74. The number of pyridine rings is 1. The van der Waals surface area contributed by atoms with Gasteiger partial charge < -0.3 is 5.32 Å². The second-order valence-electron chi connectivity index (χ2n) is 5.27. The fourth-order valence-electron chi connectivity index (χ4n) is 2.58. The number of aromatic nitrogens is 4. The Hall–Kier alpha value is -3.25. The number of hydrogen-bond acceptors (Lipinski definition) is 4. The van der Waals surface area contributed by atoms with Crippen LogP contribution in [0.5, 0.6) is 0 Å². The molecule has 0 aliphatic carbocycles. The van der Waals surface area contributed by atoms with E-state index in [1.807, 2.05) is 47.0 Å². The number of carbonyl (C=O) groups is 1. The number of rotatable bonds is 3. The molecule has 0 unspecified atom stereocenters. The maximum atomic E-state index is 12.7. The van der Waals surface area contributed by atoms with Crippen molar-refractivity contribution in [1.29, 1.82) is 0 Å². The van der Waals surface area contributed by atoms with Gasteiger partial charge in [-0.15, -0.1) is 0 Å². The molecule has 0 aliphatic rings. The smallest absolute Gasteiger partial charge is 0.277 e. The molecule has 0 bridgehead atoms. The fourth-order valence-corrected chi connectivity index (χ4v) is 2.80. The minimum Gasteiger partial charge on any atom is -0.305 e. The minimum absolute atomic E-state index is 0.300. The molecule has 0 spiro atoms. The highest BCUT2D eigenvalue weighted by Gasteiger charge is 2.19. The summed E-state index contributed by atoms with van der Waals surface area (Å²) in [6.07, 6.45) is 4.78. The molecule has 7 heteroatoms. The van der Waals surface area contributed by atoms with E-state index in [0.29, 0.717) is 27.9 Å². The van der Waals surface area contributed by atoms with Gasteiger partial charge in [-0.25, -0.2) is 15.0 Å². The molecule has 0 atom stereocenters. The van der Waals surface area contributed by atoms with Gasteiger partial charge in [-0.1, -0.05) is 29.8 Å². The lowest BCUT2D eigenvalue weighted by atomic mass is 10.2. The van der Waals surface area contributed by atoms with Crippen LogP contribution in [-0.4, -0.2) is 25.3 Å². The average molecular weight is 350 g/mol. The van der Waals surface area contributed by atoms with Crippen LogP contribution in [0.4, 0.5) is 5.82 Å². The lowest BCUT2D eigenvalue weighted by Crippen LogP contribution is -2.13. The van der Waals surface area contributed by atoms with Gasteiger partial charge in [-0.05, 0) is 30.3 Å². The van der Waals surface area contributed by atoms with Crippen molar-refractivity contribution in [3.63, 3.8) is 0 Å². The molecular formula is C18H12ClN5O. The number of imidazole rings is 1. The Morgan fingerprint density at radius 3 is 2.72 bits per heavy atom. The first kappa shape index (κ1) is 15.3. The number of fused-ring (bicyclic) bond motifs is 1. The monoisotopic (exact) mass is 349 g/mol. The van der Waals surface area contributed by atoms with Gasteiger partial charge in [0.05, 0.1) is 10.5 Å². The number of nitrogens with one attached hydrogen (secondary N) is 1. The van der Waals surface area contributed by atoms with E-state index < -0.39 is 0 Å². The third-order valence-electron chi connectivity index (χ3n) is 3.70. The van der Waals surface area contributed by atoms with Crippen molar-refractivity contribution >= 4 is 28.8 Å². The van der Waals surface area contributed by atoms with Crippen molar-refractivity contribution in [2.45, 2.75) is 0 Å². The van der Waals surface area contributed by atoms with Gasteiger partial charge in [-0.2, -0.15) is 0 Å². The van der Waals surface area contributed by atoms with Crippen LogP contribution in [0, 0.1) is 0 Å². The largest absolute Gasteiger partial charge is 0.305 e. The van der Waals surface area contributed by atoms with E-state index in [4.69, 9.17) is 11.6 Å². The Labute approximate surface area is 148 Å². The summed E-state index contributed by atoms with van der Waals surface area (Å²) >= 11 is 6.31. The van der Waals surface area contributed by atoms with E-state index in [9.17, 15) is 4.79 Å². The molecule has 1 aromatic carbocycles. The summed E-state index contributed by atoms with van der Waals surface area (Å²) in [6.45, 7) is 0. The summed E-state index contributed by atoms with van der Waals surface area (Å²) in [4.78, 5) is 25.1. The predicted octanol–water partition coefficient (Wildman–Crippen LogP) is 3.70. The maximum absolute atomic E-state index is 12.7. The quantitative estimate of drug-likeness (QED) is 0.612. The average Bonchev–Trinajstić information content (AvgIpc) is 3.03. The van der Waals surface area contributed by atoms with Gasteiger partial charge in [0.1, 0.15) is 18.0 Å². The van der Waals surface area contributed by atoms with Crippen LogP contribution in [0.25, 0.3) is 16.9 Å². The number of carbonyl (C=O) groups excluding carboxylic acids is 1. The number of nitrogens with zero attached hydrogens (tertiary/aromatic N) is 4. The van der Waals surface area contributed by atoms with Crippen molar-refractivity contribution in [1.82, 2.24) is 19.4 Å². The molecule has 4 aromatic rings. The van der Waals surface area contributed by atoms with Crippen LogP contribution in [-0.2, 0) is 0 Å². The highest BCUT2D eigenvalue weighted by atomic mass is 35.5. The Bertz CT molecular complexity index is 1060. The van der Waals surface area contributed by atoms with Gasteiger partial charge in [0.15, 0.2) is 5.69 Å². The van der Waals surface area contributed by atoms with E-state index in [1.54, 1.807) is 18.3 Å². The number of amides is 1. The first-order valence-corrected chi connectivity index (χ1v) is 7.91. The summed E-state index contributed by atoms with van der Waals surface area (Å²) in [7, 11) is 0. The summed E-state index contributed by atoms with van der Waals surface area (Å²) in [5.74, 6) is 0.672. The molecule has 3 heterocycles. The molecule has 4 rings (SSSR count). The number of benzene rings is 1. The lowest BCUT2D eigenvalue weighted by Gasteiger charge is -2.02. The topological polar surface area (TPSA) is 72.2 Å². The van der Waals surface area contributed by atoms with Gasteiger partial charge in [-0.3, -0.25) is 9.20 Å². The van der Waals surface area contributed by atoms with Crippen molar-refractivity contribution in [3.8, 4) is 11.4 Å². The van der Waals surface area contributed by atoms with Crippen molar-refractivity contribution in [2.75, 3.05) is 5.32 Å². The van der Waals surface area contributed by atoms with Gasteiger partial charge >= 0.3 is 0 Å². The molecule has 0 radical (unpaired) electrons. The van der Waals surface area contributed by atoms with Gasteiger partial charge in [0.25, 0.3) is 5.91 Å². The zero-order valence-corrected chi connectivity index (χ0v) is 13.7. The molecular weight excluding hydrogens is 338 g/mol. The van der Waals surface area contributed by atoms with E-state index in [-0.39, 0.29) is 5.91 Å². The first-order valence-electron chi connectivity index (χ1n) is 7.53. The zero-order valence-electron chi connectivity index (χ0n) is 12.9. The van der Waals surface area contributed by atoms with E-state index in [1.165, 1.54) is 6.33 Å². The molecule has 25 heavy (non-hydrogen) atoms. The van der Waals surface area contributed by atoms with Crippen LogP contribution in [0.1, 0.15) is 10.5 Å². The second-order valence-corrected chi connectivity index (χ2v) is 5.68. The van der Waals surface area contributed by atoms with Crippen molar-refractivity contribution < 1.29 is 4.79 Å². The van der Waals surface area contributed by atoms with Crippen LogP contribution in [0.15, 0.2) is 67.3 Å².